The molecule has 2 aromatic heterocycles. The van der Waals surface area contributed by atoms with Crippen molar-refractivity contribution in [2.75, 3.05) is 11.9 Å². The summed E-state index contributed by atoms with van der Waals surface area (Å²) >= 11 is 1.40. The van der Waals surface area contributed by atoms with Crippen molar-refractivity contribution in [1.82, 2.24) is 9.78 Å². The highest BCUT2D eigenvalue weighted by Crippen LogP contribution is 2.31. The molecule has 0 bridgehead atoms. The zero-order chi connectivity index (χ0) is 21.3. The van der Waals surface area contributed by atoms with Crippen LogP contribution >= 0.6 is 11.3 Å². The summed E-state index contributed by atoms with van der Waals surface area (Å²) in [6, 6.07) is 16.6. The summed E-state index contributed by atoms with van der Waals surface area (Å²) < 4.78 is 6.86. The summed E-state index contributed by atoms with van der Waals surface area (Å²) in [5.74, 6) is -0.577. The molecule has 0 aliphatic heterocycles. The number of thiophene rings is 1. The van der Waals surface area contributed by atoms with Gasteiger partial charge in [0, 0.05) is 11.1 Å². The summed E-state index contributed by atoms with van der Waals surface area (Å²) in [6.45, 7) is 6.06. The molecule has 1 amide bonds. The number of carbonyl (C=O) groups is 2. The molecule has 2 aromatic carbocycles. The highest BCUT2D eigenvalue weighted by Gasteiger charge is 2.17. The first kappa shape index (κ1) is 19.8. The van der Waals surface area contributed by atoms with E-state index in [0.717, 1.165) is 27.2 Å². The van der Waals surface area contributed by atoms with Crippen LogP contribution in [0.25, 0.3) is 15.9 Å². The Kier molecular flexibility index (Phi) is 5.37. The zero-order valence-corrected chi connectivity index (χ0v) is 17.7. The van der Waals surface area contributed by atoms with Crippen molar-refractivity contribution in [3.8, 4) is 5.69 Å². The van der Waals surface area contributed by atoms with Gasteiger partial charge in [-0.05, 0) is 68.8 Å². The van der Waals surface area contributed by atoms with E-state index in [1.54, 1.807) is 31.2 Å². The van der Waals surface area contributed by atoms with Gasteiger partial charge in [0.2, 0.25) is 0 Å². The van der Waals surface area contributed by atoms with Crippen LogP contribution in [-0.2, 0) is 4.74 Å². The Bertz CT molecular complexity index is 1240. The number of ether oxygens (including phenoxy) is 1. The number of esters is 1. The molecular weight excluding hydrogens is 398 g/mol. The molecule has 4 rings (SSSR count). The molecular formula is C23H21N3O3S. The van der Waals surface area contributed by atoms with Gasteiger partial charge in [-0.25, -0.2) is 9.48 Å². The van der Waals surface area contributed by atoms with Crippen LogP contribution in [-0.4, -0.2) is 28.3 Å². The zero-order valence-electron chi connectivity index (χ0n) is 16.9. The van der Waals surface area contributed by atoms with Crippen LogP contribution in [0.15, 0.2) is 54.6 Å². The van der Waals surface area contributed by atoms with Crippen molar-refractivity contribution >= 4 is 39.1 Å². The van der Waals surface area contributed by atoms with Crippen LogP contribution in [0.3, 0.4) is 0 Å². The van der Waals surface area contributed by atoms with E-state index < -0.39 is 0 Å². The molecule has 0 aliphatic carbocycles. The third kappa shape index (κ3) is 3.84. The SMILES string of the molecule is CCOC(=O)c1ccc(NC(=O)c2cc3c(C)nn(-c4cccc(C)c4)c3s2)cc1. The van der Waals surface area contributed by atoms with Crippen LogP contribution in [0.5, 0.6) is 0 Å². The predicted molar refractivity (Wildman–Crippen MR) is 119 cm³/mol. The van der Waals surface area contributed by atoms with Gasteiger partial charge in [0.05, 0.1) is 28.4 Å². The van der Waals surface area contributed by atoms with Crippen molar-refractivity contribution in [1.29, 1.82) is 0 Å². The summed E-state index contributed by atoms with van der Waals surface area (Å²) in [7, 11) is 0. The van der Waals surface area contributed by atoms with Crippen LogP contribution < -0.4 is 5.32 Å². The molecule has 0 saturated heterocycles. The molecule has 6 nitrogen and oxygen atoms in total. The number of hydrogen-bond acceptors (Lipinski definition) is 5. The van der Waals surface area contributed by atoms with Crippen molar-refractivity contribution in [2.24, 2.45) is 0 Å². The number of amides is 1. The molecule has 0 aliphatic rings. The number of aromatic nitrogens is 2. The molecule has 152 valence electrons. The van der Waals surface area contributed by atoms with E-state index in [4.69, 9.17) is 4.74 Å². The van der Waals surface area contributed by atoms with Gasteiger partial charge >= 0.3 is 5.97 Å². The molecule has 0 unspecified atom stereocenters. The second-order valence-electron chi connectivity index (χ2n) is 6.92. The summed E-state index contributed by atoms with van der Waals surface area (Å²) in [5, 5.41) is 8.49. The van der Waals surface area contributed by atoms with E-state index in [-0.39, 0.29) is 11.9 Å². The quantitative estimate of drug-likeness (QED) is 0.455. The normalized spacial score (nSPS) is 10.9. The molecule has 0 atom stereocenters. The van der Waals surface area contributed by atoms with Gasteiger partial charge in [0.15, 0.2) is 0 Å². The third-order valence-corrected chi connectivity index (χ3v) is 5.78. The number of nitrogens with zero attached hydrogens (tertiary/aromatic N) is 2. The van der Waals surface area contributed by atoms with Crippen LogP contribution in [0, 0.1) is 13.8 Å². The van der Waals surface area contributed by atoms with Crippen molar-refractivity contribution in [3.63, 3.8) is 0 Å². The molecule has 1 N–H and O–H groups in total. The number of benzene rings is 2. The summed E-state index contributed by atoms with van der Waals surface area (Å²) in [4.78, 5) is 26.1. The Balaban J connectivity index is 1.58. The first-order valence-electron chi connectivity index (χ1n) is 9.61. The maximum Gasteiger partial charge on any atom is 0.338 e. The monoisotopic (exact) mass is 419 g/mol. The highest BCUT2D eigenvalue weighted by atomic mass is 32.1. The lowest BCUT2D eigenvalue weighted by molar-refractivity contribution is 0.0526. The molecule has 30 heavy (non-hydrogen) atoms. The highest BCUT2D eigenvalue weighted by molar-refractivity contribution is 7.20. The average Bonchev–Trinajstić information content (AvgIpc) is 3.29. The fourth-order valence-corrected chi connectivity index (χ4v) is 4.27. The maximum absolute atomic E-state index is 12.8. The number of fused-ring (bicyclic) bond motifs is 1. The van der Waals surface area contributed by atoms with Gasteiger partial charge in [-0.15, -0.1) is 11.3 Å². The van der Waals surface area contributed by atoms with Crippen LogP contribution in [0.2, 0.25) is 0 Å². The van der Waals surface area contributed by atoms with Crippen LogP contribution in [0.1, 0.15) is 38.2 Å². The van der Waals surface area contributed by atoms with Gasteiger partial charge < -0.3 is 10.1 Å². The fraction of sp³-hybridized carbons (Fsp3) is 0.174. The van der Waals surface area contributed by atoms with E-state index in [1.807, 2.05) is 42.8 Å². The van der Waals surface area contributed by atoms with Crippen molar-refractivity contribution < 1.29 is 14.3 Å². The van der Waals surface area contributed by atoms with Gasteiger partial charge in [0.1, 0.15) is 4.83 Å². The third-order valence-electron chi connectivity index (χ3n) is 4.67. The minimum absolute atomic E-state index is 0.199. The number of anilines is 1. The van der Waals surface area contributed by atoms with E-state index in [0.29, 0.717) is 22.7 Å². The molecule has 4 aromatic rings. The Labute approximate surface area is 178 Å². The molecule has 0 fully saturated rings. The van der Waals surface area contributed by atoms with E-state index in [1.165, 1.54) is 11.3 Å². The first-order chi connectivity index (χ1) is 14.5. The number of aryl methyl sites for hydroxylation is 2. The molecule has 2 heterocycles. The standard InChI is InChI=1S/C23H21N3O3S/c1-4-29-23(28)16-8-10-17(11-9-16)24-21(27)20-13-19-15(3)25-26(22(19)30-20)18-7-5-6-14(2)12-18/h5-13H,4H2,1-3H3,(H,24,27). The summed E-state index contributed by atoms with van der Waals surface area (Å²) in [6.07, 6.45) is 0. The van der Waals surface area contributed by atoms with E-state index in [9.17, 15) is 9.59 Å². The Morgan fingerprint density at radius 3 is 2.57 bits per heavy atom. The molecule has 0 saturated carbocycles. The lowest BCUT2D eigenvalue weighted by Gasteiger charge is -2.06. The molecule has 0 radical (unpaired) electrons. The van der Waals surface area contributed by atoms with E-state index >= 15 is 0 Å². The topological polar surface area (TPSA) is 73.2 Å². The minimum atomic E-state index is -0.379. The van der Waals surface area contributed by atoms with Gasteiger partial charge in [0.25, 0.3) is 5.91 Å². The number of carbonyl (C=O) groups excluding carboxylic acids is 2. The van der Waals surface area contributed by atoms with Gasteiger partial charge in [-0.3, -0.25) is 4.79 Å². The fourth-order valence-electron chi connectivity index (χ4n) is 3.19. The number of nitrogens with one attached hydrogen (secondary N) is 1. The minimum Gasteiger partial charge on any atom is -0.462 e. The lowest BCUT2D eigenvalue weighted by atomic mass is 10.2. The second-order valence-corrected chi connectivity index (χ2v) is 7.95. The Morgan fingerprint density at radius 2 is 1.87 bits per heavy atom. The molecule has 7 heteroatoms. The predicted octanol–water partition coefficient (Wildman–Crippen LogP) is 5.13. The largest absolute Gasteiger partial charge is 0.462 e. The maximum atomic E-state index is 12.8. The average molecular weight is 420 g/mol. The number of hydrogen-bond donors (Lipinski definition) is 1. The smallest absolute Gasteiger partial charge is 0.338 e. The second kappa shape index (κ2) is 8.12. The Hall–Kier alpha value is -3.45. The first-order valence-corrected chi connectivity index (χ1v) is 10.4. The van der Waals surface area contributed by atoms with Gasteiger partial charge in [-0.1, -0.05) is 12.1 Å². The number of rotatable bonds is 5. The van der Waals surface area contributed by atoms with Gasteiger partial charge in [-0.2, -0.15) is 5.10 Å². The summed E-state index contributed by atoms with van der Waals surface area (Å²) in [5.41, 5.74) is 4.06. The lowest BCUT2D eigenvalue weighted by Crippen LogP contribution is -2.10. The van der Waals surface area contributed by atoms with Crippen molar-refractivity contribution in [2.45, 2.75) is 20.8 Å². The Morgan fingerprint density at radius 1 is 1.10 bits per heavy atom. The van der Waals surface area contributed by atoms with Crippen LogP contribution in [0.4, 0.5) is 5.69 Å². The molecule has 0 spiro atoms. The van der Waals surface area contributed by atoms with Crippen molar-refractivity contribution in [3.05, 3.63) is 76.3 Å². The van der Waals surface area contributed by atoms with E-state index in [2.05, 4.69) is 16.5 Å².